The van der Waals surface area contributed by atoms with Crippen LogP contribution in [0.2, 0.25) is 0 Å². The lowest BCUT2D eigenvalue weighted by atomic mass is 10.0. The Labute approximate surface area is 101 Å². The molecule has 0 spiro atoms. The maximum atomic E-state index is 10.3. The number of hydrogen-bond donors (Lipinski definition) is 0. The van der Waals surface area contributed by atoms with Crippen molar-refractivity contribution in [3.05, 3.63) is 65.2 Å². The Kier molecular flexibility index (Phi) is 3.55. The summed E-state index contributed by atoms with van der Waals surface area (Å²) >= 11 is 0. The molecule has 0 bridgehead atoms. The van der Waals surface area contributed by atoms with E-state index in [1.807, 2.05) is 18.2 Å². The Balaban J connectivity index is 2.18. The topological polar surface area (TPSA) is 26.3 Å². The average molecular weight is 226 g/mol. The number of carbonyl (C=O) groups is 1. The highest BCUT2D eigenvalue weighted by Crippen LogP contribution is 2.16. The molecule has 0 heterocycles. The molecule has 0 N–H and O–H groups in total. The van der Waals surface area contributed by atoms with Crippen LogP contribution < -0.4 is 4.74 Å². The number of hydrogen-bond acceptors (Lipinski definition) is 2. The molecule has 2 rings (SSSR count). The van der Waals surface area contributed by atoms with E-state index >= 15 is 0 Å². The lowest BCUT2D eigenvalue weighted by Gasteiger charge is -2.04. The second-order valence-electron chi connectivity index (χ2n) is 4.03. The molecule has 0 aromatic heterocycles. The molecule has 0 aliphatic carbocycles. The van der Waals surface area contributed by atoms with Crippen LogP contribution in [0.15, 0.2) is 48.5 Å². The van der Waals surface area contributed by atoms with Crippen molar-refractivity contribution in [1.29, 1.82) is 0 Å². The van der Waals surface area contributed by atoms with Crippen molar-refractivity contribution in [1.82, 2.24) is 0 Å². The predicted molar refractivity (Wildman–Crippen MR) is 67.1 cm³/mol. The average Bonchev–Trinajstić information content (AvgIpc) is 2.30. The van der Waals surface area contributed by atoms with Crippen molar-refractivity contribution >= 4 is 6.47 Å². The maximum absolute atomic E-state index is 10.3. The van der Waals surface area contributed by atoms with Crippen LogP contribution in [0, 0.1) is 6.92 Å². The van der Waals surface area contributed by atoms with Gasteiger partial charge in [-0.25, -0.2) is 0 Å². The van der Waals surface area contributed by atoms with E-state index in [1.54, 1.807) is 6.07 Å². The largest absolute Gasteiger partial charge is 0.429 e. The van der Waals surface area contributed by atoms with Crippen molar-refractivity contribution in [3.8, 4) is 5.75 Å². The molecule has 0 atom stereocenters. The lowest BCUT2D eigenvalue weighted by Crippen LogP contribution is -1.92. The molecule has 0 unspecified atom stereocenters. The SMILES string of the molecule is Cc1cccc(Cc2cccc(OC=O)c2)c1. The van der Waals surface area contributed by atoms with E-state index in [0.717, 1.165) is 12.0 Å². The van der Waals surface area contributed by atoms with E-state index in [2.05, 4.69) is 31.2 Å². The maximum Gasteiger partial charge on any atom is 0.298 e. The molecule has 0 amide bonds. The molecule has 2 aromatic rings. The third-order valence-electron chi connectivity index (χ3n) is 2.57. The predicted octanol–water partition coefficient (Wildman–Crippen LogP) is 3.12. The number of ether oxygens (including phenoxy) is 1. The molecular formula is C15H14O2. The van der Waals surface area contributed by atoms with Gasteiger partial charge in [0.1, 0.15) is 5.75 Å². The van der Waals surface area contributed by atoms with Crippen molar-refractivity contribution in [2.75, 3.05) is 0 Å². The van der Waals surface area contributed by atoms with Gasteiger partial charge in [0, 0.05) is 0 Å². The van der Waals surface area contributed by atoms with Crippen molar-refractivity contribution in [2.24, 2.45) is 0 Å². The Morgan fingerprint density at radius 3 is 2.47 bits per heavy atom. The van der Waals surface area contributed by atoms with Gasteiger partial charge in [-0.1, -0.05) is 42.0 Å². The third kappa shape index (κ3) is 3.18. The Bertz CT molecular complexity index is 518. The highest BCUT2D eigenvalue weighted by molar-refractivity contribution is 5.46. The van der Waals surface area contributed by atoms with E-state index in [4.69, 9.17) is 4.74 Å². The molecule has 0 saturated heterocycles. The van der Waals surface area contributed by atoms with Crippen LogP contribution in [-0.2, 0) is 11.2 Å². The molecule has 2 nitrogen and oxygen atoms in total. The molecule has 17 heavy (non-hydrogen) atoms. The first-order valence-electron chi connectivity index (χ1n) is 5.53. The zero-order chi connectivity index (χ0) is 12.1. The van der Waals surface area contributed by atoms with Gasteiger partial charge in [0.15, 0.2) is 0 Å². The quantitative estimate of drug-likeness (QED) is 0.749. The van der Waals surface area contributed by atoms with Crippen LogP contribution in [0.1, 0.15) is 16.7 Å². The summed E-state index contributed by atoms with van der Waals surface area (Å²) in [6.45, 7) is 2.53. The summed E-state index contributed by atoms with van der Waals surface area (Å²) in [6, 6.07) is 16.0. The van der Waals surface area contributed by atoms with Crippen LogP contribution in [0.25, 0.3) is 0 Å². The summed E-state index contributed by atoms with van der Waals surface area (Å²) in [6.07, 6.45) is 0.845. The number of rotatable bonds is 4. The van der Waals surface area contributed by atoms with Gasteiger partial charge in [-0.2, -0.15) is 0 Å². The fraction of sp³-hybridized carbons (Fsp3) is 0.133. The highest BCUT2D eigenvalue weighted by atomic mass is 16.5. The van der Waals surface area contributed by atoms with Gasteiger partial charge in [-0.05, 0) is 36.6 Å². The zero-order valence-corrected chi connectivity index (χ0v) is 9.72. The molecule has 0 radical (unpaired) electrons. The fourth-order valence-electron chi connectivity index (χ4n) is 1.84. The van der Waals surface area contributed by atoms with Crippen molar-refractivity contribution in [3.63, 3.8) is 0 Å². The lowest BCUT2D eigenvalue weighted by molar-refractivity contribution is -0.120. The molecule has 0 fully saturated rings. The molecule has 2 aromatic carbocycles. The normalized spacial score (nSPS) is 9.94. The first-order chi connectivity index (χ1) is 8.28. The van der Waals surface area contributed by atoms with Gasteiger partial charge in [-0.3, -0.25) is 4.79 Å². The number of aryl methyl sites for hydroxylation is 1. The summed E-state index contributed by atoms with van der Waals surface area (Å²) in [7, 11) is 0. The van der Waals surface area contributed by atoms with Gasteiger partial charge < -0.3 is 4.74 Å². The fourth-order valence-corrected chi connectivity index (χ4v) is 1.84. The summed E-state index contributed by atoms with van der Waals surface area (Å²) < 4.78 is 4.83. The Hall–Kier alpha value is -2.09. The van der Waals surface area contributed by atoms with Crippen LogP contribution in [0.4, 0.5) is 0 Å². The van der Waals surface area contributed by atoms with Gasteiger partial charge in [-0.15, -0.1) is 0 Å². The molecule has 2 heteroatoms. The van der Waals surface area contributed by atoms with Crippen LogP contribution >= 0.6 is 0 Å². The van der Waals surface area contributed by atoms with E-state index < -0.39 is 0 Å². The highest BCUT2D eigenvalue weighted by Gasteiger charge is 1.99. The van der Waals surface area contributed by atoms with E-state index in [9.17, 15) is 4.79 Å². The summed E-state index contributed by atoms with van der Waals surface area (Å²) in [4.78, 5) is 10.3. The smallest absolute Gasteiger partial charge is 0.298 e. The minimum atomic E-state index is 0.450. The number of benzene rings is 2. The van der Waals surface area contributed by atoms with Crippen LogP contribution in [0.3, 0.4) is 0 Å². The molecule has 0 aliphatic heterocycles. The van der Waals surface area contributed by atoms with Crippen LogP contribution in [-0.4, -0.2) is 6.47 Å². The monoisotopic (exact) mass is 226 g/mol. The second-order valence-corrected chi connectivity index (χ2v) is 4.03. The molecule has 0 saturated carbocycles. The minimum Gasteiger partial charge on any atom is -0.429 e. The summed E-state index contributed by atoms with van der Waals surface area (Å²) in [5.74, 6) is 0.588. The van der Waals surface area contributed by atoms with Gasteiger partial charge in [0.25, 0.3) is 6.47 Å². The minimum absolute atomic E-state index is 0.450. The van der Waals surface area contributed by atoms with E-state index in [1.165, 1.54) is 11.1 Å². The first kappa shape index (κ1) is 11.4. The first-order valence-corrected chi connectivity index (χ1v) is 5.53. The molecule has 0 aliphatic rings. The van der Waals surface area contributed by atoms with Gasteiger partial charge >= 0.3 is 0 Å². The van der Waals surface area contributed by atoms with Crippen molar-refractivity contribution in [2.45, 2.75) is 13.3 Å². The summed E-state index contributed by atoms with van der Waals surface area (Å²) in [5, 5.41) is 0. The van der Waals surface area contributed by atoms with Gasteiger partial charge in [0.05, 0.1) is 0 Å². The van der Waals surface area contributed by atoms with Gasteiger partial charge in [0.2, 0.25) is 0 Å². The molecular weight excluding hydrogens is 212 g/mol. The number of carbonyl (C=O) groups excluding carboxylic acids is 1. The standard InChI is InChI=1S/C15H14O2/c1-12-4-2-5-13(8-12)9-14-6-3-7-15(10-14)17-11-16/h2-8,10-11H,9H2,1H3. The zero-order valence-electron chi connectivity index (χ0n) is 9.72. The van der Waals surface area contributed by atoms with Crippen LogP contribution in [0.5, 0.6) is 5.75 Å². The van der Waals surface area contributed by atoms with E-state index in [-0.39, 0.29) is 0 Å². The molecule has 86 valence electrons. The van der Waals surface area contributed by atoms with Crippen molar-refractivity contribution < 1.29 is 9.53 Å². The van der Waals surface area contributed by atoms with E-state index in [0.29, 0.717) is 12.2 Å². The Morgan fingerprint density at radius 2 is 1.76 bits per heavy atom. The second kappa shape index (κ2) is 5.30. The third-order valence-corrected chi connectivity index (χ3v) is 2.57. The summed E-state index contributed by atoms with van der Waals surface area (Å²) in [5.41, 5.74) is 3.64. The Morgan fingerprint density at radius 1 is 1.06 bits per heavy atom.